The Morgan fingerprint density at radius 1 is 1.03 bits per heavy atom. The van der Waals surface area contributed by atoms with Crippen LogP contribution in [0.2, 0.25) is 0 Å². The lowest BCUT2D eigenvalue weighted by Gasteiger charge is -2.15. The van der Waals surface area contributed by atoms with E-state index in [1.54, 1.807) is 0 Å². The molecule has 0 spiro atoms. The second-order valence-corrected chi connectivity index (χ2v) is 8.90. The molecule has 0 aromatic carbocycles. The van der Waals surface area contributed by atoms with Crippen molar-refractivity contribution in [2.45, 2.75) is 24.2 Å². The highest BCUT2D eigenvalue weighted by atomic mass is 32.2. The summed E-state index contributed by atoms with van der Waals surface area (Å²) in [6.07, 6.45) is -8.20. The lowest BCUT2D eigenvalue weighted by molar-refractivity contribution is -0.138. The van der Waals surface area contributed by atoms with Crippen molar-refractivity contribution in [2.24, 2.45) is 11.4 Å². The minimum atomic E-state index is -4.74. The monoisotopic (exact) mass is 451 g/mol. The van der Waals surface area contributed by atoms with Crippen LogP contribution in [0.15, 0.2) is 33.8 Å². The molecule has 3 heterocycles. The van der Waals surface area contributed by atoms with Gasteiger partial charge in [0.25, 0.3) is 0 Å². The van der Waals surface area contributed by atoms with Crippen LogP contribution in [-0.4, -0.2) is 36.5 Å². The van der Waals surface area contributed by atoms with Crippen molar-refractivity contribution in [2.75, 3.05) is 12.8 Å². The zero-order valence-electron chi connectivity index (χ0n) is 15.8. The first-order valence-electron chi connectivity index (χ1n) is 8.42. The van der Waals surface area contributed by atoms with E-state index >= 15 is 0 Å². The first kappa shape index (κ1) is 22.0. The van der Waals surface area contributed by atoms with Gasteiger partial charge in [0.05, 0.1) is 25.8 Å². The predicted molar refractivity (Wildman–Crippen MR) is 97.0 cm³/mol. The van der Waals surface area contributed by atoms with Crippen molar-refractivity contribution >= 4 is 20.9 Å². The SMILES string of the molecule is CCS(=O)(=NC)c1cc(C(F)(F)F)cnc1-c1nc2cc(C(F)(F)F)cnc2n1C. The quantitative estimate of drug-likeness (QED) is 0.548. The Morgan fingerprint density at radius 2 is 1.60 bits per heavy atom. The summed E-state index contributed by atoms with van der Waals surface area (Å²) in [5.41, 5.74) is -2.40. The average Bonchev–Trinajstić information content (AvgIpc) is 3.01. The summed E-state index contributed by atoms with van der Waals surface area (Å²) in [7, 11) is -0.650. The highest BCUT2D eigenvalue weighted by Gasteiger charge is 2.35. The fourth-order valence-electron chi connectivity index (χ4n) is 2.84. The number of fused-ring (bicyclic) bond motifs is 1. The molecule has 3 rings (SSSR count). The second kappa shape index (κ2) is 7.22. The van der Waals surface area contributed by atoms with Crippen LogP contribution in [0.5, 0.6) is 0 Å². The fourth-order valence-corrected chi connectivity index (χ4v) is 4.36. The Labute approximate surface area is 167 Å². The van der Waals surface area contributed by atoms with E-state index in [4.69, 9.17) is 0 Å². The molecule has 0 radical (unpaired) electrons. The minimum absolute atomic E-state index is 0.0575. The van der Waals surface area contributed by atoms with Gasteiger partial charge in [0.2, 0.25) is 0 Å². The van der Waals surface area contributed by atoms with Crippen molar-refractivity contribution in [1.82, 2.24) is 19.5 Å². The Kier molecular flexibility index (Phi) is 5.29. The van der Waals surface area contributed by atoms with Crippen molar-refractivity contribution in [3.05, 3.63) is 35.7 Å². The van der Waals surface area contributed by atoms with Crippen LogP contribution in [-0.2, 0) is 29.1 Å². The van der Waals surface area contributed by atoms with E-state index in [1.165, 1.54) is 25.6 Å². The molecule has 1 unspecified atom stereocenters. The third kappa shape index (κ3) is 3.73. The lowest BCUT2D eigenvalue weighted by Crippen LogP contribution is -2.13. The molecule has 1 atom stereocenters. The molecule has 0 saturated heterocycles. The molecule has 0 amide bonds. The number of hydrogen-bond donors (Lipinski definition) is 0. The van der Waals surface area contributed by atoms with Gasteiger partial charge < -0.3 is 4.57 Å². The van der Waals surface area contributed by atoms with Gasteiger partial charge in [-0.2, -0.15) is 26.3 Å². The van der Waals surface area contributed by atoms with E-state index in [9.17, 15) is 30.6 Å². The number of hydrogen-bond acceptors (Lipinski definition) is 5. The van der Waals surface area contributed by atoms with Crippen LogP contribution in [0, 0.1) is 0 Å². The Hall–Kier alpha value is -2.70. The van der Waals surface area contributed by atoms with Gasteiger partial charge in [-0.05, 0) is 12.1 Å². The molecule has 3 aromatic heterocycles. The first-order valence-corrected chi connectivity index (χ1v) is 10.1. The summed E-state index contributed by atoms with van der Waals surface area (Å²) in [5, 5.41) is 0. The van der Waals surface area contributed by atoms with Crippen molar-refractivity contribution in [1.29, 1.82) is 0 Å². The highest BCUT2D eigenvalue weighted by molar-refractivity contribution is 7.93. The Balaban J connectivity index is 2.33. The molecule has 13 heteroatoms. The maximum absolute atomic E-state index is 13.2. The van der Waals surface area contributed by atoms with Crippen LogP contribution in [0.4, 0.5) is 26.3 Å². The molecule has 0 bridgehead atoms. The maximum Gasteiger partial charge on any atom is 0.417 e. The number of halogens is 6. The number of imidazole rings is 1. The number of aromatic nitrogens is 4. The molecule has 0 N–H and O–H groups in total. The van der Waals surface area contributed by atoms with E-state index in [-0.39, 0.29) is 33.3 Å². The van der Waals surface area contributed by atoms with Gasteiger partial charge in [-0.3, -0.25) is 4.98 Å². The Morgan fingerprint density at radius 3 is 2.13 bits per heavy atom. The van der Waals surface area contributed by atoms with E-state index in [2.05, 4.69) is 19.3 Å². The van der Waals surface area contributed by atoms with Crippen LogP contribution < -0.4 is 0 Å². The van der Waals surface area contributed by atoms with Gasteiger partial charge in [-0.15, -0.1) is 0 Å². The number of aryl methyl sites for hydroxylation is 1. The normalized spacial score (nSPS) is 14.7. The Bertz CT molecular complexity index is 1240. The second-order valence-electron chi connectivity index (χ2n) is 6.24. The van der Waals surface area contributed by atoms with Crippen molar-refractivity contribution in [3.63, 3.8) is 0 Å². The summed E-state index contributed by atoms with van der Waals surface area (Å²) in [6, 6.07) is 1.46. The maximum atomic E-state index is 13.2. The fraction of sp³-hybridized carbons (Fsp3) is 0.353. The van der Waals surface area contributed by atoms with Crippen LogP contribution in [0.3, 0.4) is 0 Å². The van der Waals surface area contributed by atoms with Gasteiger partial charge in [-0.25, -0.2) is 18.5 Å². The molecule has 0 fully saturated rings. The molecule has 30 heavy (non-hydrogen) atoms. The molecule has 6 nitrogen and oxygen atoms in total. The largest absolute Gasteiger partial charge is 0.417 e. The summed E-state index contributed by atoms with van der Waals surface area (Å²) in [6.45, 7) is 1.49. The number of alkyl halides is 6. The standard InChI is InChI=1S/C17H15F6N5OS/c1-4-30(29,24-2)12-6-10(17(21,22)23)7-25-13(12)15-27-11-5-9(16(18,19)20)8-26-14(11)28(15)3/h5-8H,4H2,1-3H3. The topological polar surface area (TPSA) is 73.0 Å². The summed E-state index contributed by atoms with van der Waals surface area (Å²) < 4.78 is 96.7. The van der Waals surface area contributed by atoms with Gasteiger partial charge in [0.15, 0.2) is 11.5 Å². The van der Waals surface area contributed by atoms with E-state index in [1.807, 2.05) is 0 Å². The third-order valence-electron chi connectivity index (χ3n) is 4.46. The van der Waals surface area contributed by atoms with Gasteiger partial charge in [0, 0.05) is 32.2 Å². The average molecular weight is 451 g/mol. The third-order valence-corrected chi connectivity index (χ3v) is 6.83. The summed E-state index contributed by atoms with van der Waals surface area (Å²) in [4.78, 5) is 11.4. The van der Waals surface area contributed by atoms with Gasteiger partial charge in [-0.1, -0.05) is 6.92 Å². The first-order chi connectivity index (χ1) is 13.8. The zero-order chi connectivity index (χ0) is 22.5. The number of nitrogens with zero attached hydrogens (tertiary/aromatic N) is 5. The van der Waals surface area contributed by atoms with Crippen molar-refractivity contribution < 1.29 is 30.6 Å². The molecule has 0 saturated carbocycles. The molecule has 162 valence electrons. The van der Waals surface area contributed by atoms with E-state index in [0.717, 1.165) is 6.07 Å². The van der Waals surface area contributed by atoms with E-state index < -0.39 is 33.2 Å². The molecule has 0 aliphatic rings. The van der Waals surface area contributed by atoms with Crippen LogP contribution in [0.25, 0.3) is 22.7 Å². The predicted octanol–water partition coefficient (Wildman–Crippen LogP) is 4.54. The molecular weight excluding hydrogens is 436 g/mol. The number of pyridine rings is 2. The molecule has 3 aromatic rings. The number of rotatable bonds is 3. The van der Waals surface area contributed by atoms with E-state index in [0.29, 0.717) is 18.5 Å². The lowest BCUT2D eigenvalue weighted by atomic mass is 10.2. The smallest absolute Gasteiger partial charge is 0.310 e. The summed E-state index contributed by atoms with van der Waals surface area (Å²) in [5.74, 6) is -0.176. The van der Waals surface area contributed by atoms with Crippen LogP contribution in [0.1, 0.15) is 18.1 Å². The van der Waals surface area contributed by atoms with Crippen LogP contribution >= 0.6 is 0 Å². The molecular formula is C17H15F6N5OS. The van der Waals surface area contributed by atoms with Gasteiger partial charge >= 0.3 is 12.4 Å². The highest BCUT2D eigenvalue weighted by Crippen LogP contribution is 2.36. The van der Waals surface area contributed by atoms with Gasteiger partial charge in [0.1, 0.15) is 11.2 Å². The summed E-state index contributed by atoms with van der Waals surface area (Å²) >= 11 is 0. The van der Waals surface area contributed by atoms with Crippen molar-refractivity contribution in [3.8, 4) is 11.5 Å². The zero-order valence-corrected chi connectivity index (χ0v) is 16.7. The molecule has 0 aliphatic carbocycles. The molecule has 0 aliphatic heterocycles. The minimum Gasteiger partial charge on any atom is -0.310 e.